The van der Waals surface area contributed by atoms with Gasteiger partial charge in [0.1, 0.15) is 5.82 Å². The molecule has 0 aromatic carbocycles. The predicted octanol–water partition coefficient (Wildman–Crippen LogP) is 2.45. The summed E-state index contributed by atoms with van der Waals surface area (Å²) in [5.74, 6) is -0.415. The summed E-state index contributed by atoms with van der Waals surface area (Å²) in [6.07, 6.45) is 8.25. The second kappa shape index (κ2) is 6.14. The minimum absolute atomic E-state index is 0.119. The highest BCUT2D eigenvalue weighted by Gasteiger charge is 2.25. The number of nitrogen functional groups attached to an aromatic ring is 1. The van der Waals surface area contributed by atoms with Crippen molar-refractivity contribution in [1.29, 1.82) is 0 Å². The van der Waals surface area contributed by atoms with E-state index in [0.29, 0.717) is 22.8 Å². The summed E-state index contributed by atoms with van der Waals surface area (Å²) in [6.45, 7) is 0. The Morgan fingerprint density at radius 2 is 2.26 bits per heavy atom. The molecule has 2 rings (SSSR count). The number of nitrogens with two attached hydrogens (primary N) is 1. The van der Waals surface area contributed by atoms with E-state index in [4.69, 9.17) is 10.8 Å². The molecule has 4 N–H and O–H groups in total. The lowest BCUT2D eigenvalue weighted by Gasteiger charge is -2.31. The van der Waals surface area contributed by atoms with Crippen LogP contribution in [0.25, 0.3) is 0 Å². The van der Waals surface area contributed by atoms with Crippen molar-refractivity contribution in [3.05, 3.63) is 17.8 Å². The van der Waals surface area contributed by atoms with Crippen LogP contribution in [0.2, 0.25) is 0 Å². The molecular formula is C13H19N3O2S. The minimum Gasteiger partial charge on any atom is -0.478 e. The molecule has 1 aromatic rings. The van der Waals surface area contributed by atoms with E-state index in [2.05, 4.69) is 16.6 Å². The maximum absolute atomic E-state index is 10.8. The minimum atomic E-state index is -1.01. The molecule has 1 aromatic heterocycles. The van der Waals surface area contributed by atoms with Crippen LogP contribution in [0.1, 0.15) is 36.0 Å². The average Bonchev–Trinajstić information content (AvgIpc) is 2.41. The Kier molecular flexibility index (Phi) is 4.52. The number of carboxylic acids is 1. The number of thioether (sulfide) groups is 1. The predicted molar refractivity (Wildman–Crippen MR) is 78.8 cm³/mol. The lowest BCUT2D eigenvalue weighted by Crippen LogP contribution is -2.34. The van der Waals surface area contributed by atoms with Gasteiger partial charge in [-0.05, 0) is 25.2 Å². The molecule has 19 heavy (non-hydrogen) atoms. The topological polar surface area (TPSA) is 88.2 Å². The fraction of sp³-hybridized carbons (Fsp3) is 0.538. The maximum atomic E-state index is 10.8. The fourth-order valence-electron chi connectivity index (χ4n) is 2.44. The van der Waals surface area contributed by atoms with E-state index in [9.17, 15) is 4.79 Å². The van der Waals surface area contributed by atoms with Crippen molar-refractivity contribution in [2.45, 2.75) is 37.0 Å². The Bertz CT molecular complexity index is 467. The summed E-state index contributed by atoms with van der Waals surface area (Å²) >= 11 is 1.86. The third-order valence-corrected chi connectivity index (χ3v) is 4.66. The number of aromatic carboxylic acids is 1. The van der Waals surface area contributed by atoms with Crippen molar-refractivity contribution in [3.8, 4) is 0 Å². The third kappa shape index (κ3) is 3.32. The Morgan fingerprint density at radius 3 is 2.89 bits per heavy atom. The molecule has 0 saturated heterocycles. The summed E-state index contributed by atoms with van der Waals surface area (Å²) in [5, 5.41) is 12.8. The molecule has 6 heteroatoms. The molecule has 104 valence electrons. The van der Waals surface area contributed by atoms with Crippen molar-refractivity contribution in [1.82, 2.24) is 4.98 Å². The van der Waals surface area contributed by atoms with Crippen molar-refractivity contribution < 1.29 is 9.90 Å². The largest absolute Gasteiger partial charge is 0.478 e. The second-order valence-corrected chi connectivity index (χ2v) is 5.85. The van der Waals surface area contributed by atoms with Crippen LogP contribution < -0.4 is 11.1 Å². The van der Waals surface area contributed by atoms with Gasteiger partial charge in [0.25, 0.3) is 0 Å². The molecule has 1 fully saturated rings. The van der Waals surface area contributed by atoms with Crippen LogP contribution in [0.3, 0.4) is 0 Å². The van der Waals surface area contributed by atoms with Gasteiger partial charge in [0.2, 0.25) is 0 Å². The highest BCUT2D eigenvalue weighted by atomic mass is 32.2. The van der Waals surface area contributed by atoms with Crippen molar-refractivity contribution in [2.75, 3.05) is 17.3 Å². The molecule has 2 unspecified atom stereocenters. The molecule has 0 spiro atoms. The molecule has 1 heterocycles. The smallest absolute Gasteiger partial charge is 0.337 e. The average molecular weight is 281 g/mol. The second-order valence-electron chi connectivity index (χ2n) is 4.78. The first kappa shape index (κ1) is 14.0. The molecule has 2 atom stereocenters. The Hall–Kier alpha value is -1.43. The van der Waals surface area contributed by atoms with Crippen LogP contribution in [0.5, 0.6) is 0 Å². The van der Waals surface area contributed by atoms with E-state index in [1.54, 1.807) is 0 Å². The SMILES string of the molecule is CSC1CCCCC1Nc1ncc(C(=O)O)cc1N. The molecule has 1 aliphatic rings. The fourth-order valence-corrected chi connectivity index (χ4v) is 3.37. The molecule has 0 bridgehead atoms. The van der Waals surface area contributed by atoms with E-state index >= 15 is 0 Å². The number of carboxylic acid groups (broad SMARTS) is 1. The highest BCUT2D eigenvalue weighted by Crippen LogP contribution is 2.30. The summed E-state index contributed by atoms with van der Waals surface area (Å²) in [7, 11) is 0. The molecule has 0 amide bonds. The van der Waals surface area contributed by atoms with Crippen molar-refractivity contribution >= 4 is 29.2 Å². The molecular weight excluding hydrogens is 262 g/mol. The summed E-state index contributed by atoms with van der Waals surface area (Å²) in [5.41, 5.74) is 6.38. The number of nitrogens with one attached hydrogen (secondary N) is 1. The van der Waals surface area contributed by atoms with Crippen LogP contribution in [0.4, 0.5) is 11.5 Å². The monoisotopic (exact) mass is 281 g/mol. The number of hydrogen-bond donors (Lipinski definition) is 3. The van der Waals surface area contributed by atoms with Gasteiger partial charge >= 0.3 is 5.97 Å². The molecule has 1 aliphatic carbocycles. The number of pyridine rings is 1. The quantitative estimate of drug-likeness (QED) is 0.785. The van der Waals surface area contributed by atoms with Gasteiger partial charge in [-0.2, -0.15) is 11.8 Å². The summed E-state index contributed by atoms with van der Waals surface area (Å²) in [4.78, 5) is 15.0. The van der Waals surface area contributed by atoms with E-state index < -0.39 is 5.97 Å². The first-order valence-corrected chi connectivity index (χ1v) is 7.68. The number of aromatic nitrogens is 1. The van der Waals surface area contributed by atoms with Crippen molar-refractivity contribution in [3.63, 3.8) is 0 Å². The summed E-state index contributed by atoms with van der Waals surface area (Å²) < 4.78 is 0. The number of anilines is 2. The van der Waals surface area contributed by atoms with Gasteiger partial charge in [-0.25, -0.2) is 9.78 Å². The summed E-state index contributed by atoms with van der Waals surface area (Å²) in [6, 6.07) is 1.81. The van der Waals surface area contributed by atoms with Gasteiger partial charge in [-0.1, -0.05) is 12.8 Å². The zero-order chi connectivity index (χ0) is 13.8. The zero-order valence-electron chi connectivity index (χ0n) is 10.9. The van der Waals surface area contributed by atoms with Gasteiger partial charge in [-0.15, -0.1) is 0 Å². The number of nitrogens with zero attached hydrogens (tertiary/aromatic N) is 1. The van der Waals surface area contributed by atoms with Crippen LogP contribution >= 0.6 is 11.8 Å². The lowest BCUT2D eigenvalue weighted by molar-refractivity contribution is 0.0696. The zero-order valence-corrected chi connectivity index (χ0v) is 11.7. The third-order valence-electron chi connectivity index (χ3n) is 3.49. The lowest BCUT2D eigenvalue weighted by atomic mass is 9.95. The Labute approximate surface area is 117 Å². The molecule has 0 aliphatic heterocycles. The Balaban J connectivity index is 2.11. The normalized spacial score (nSPS) is 23.0. The first-order chi connectivity index (χ1) is 9.11. The van der Waals surface area contributed by atoms with Crippen LogP contribution in [-0.2, 0) is 0 Å². The standard InChI is InChI=1S/C13H19N3O2S/c1-19-11-5-3-2-4-10(11)16-12-9(14)6-8(7-15-12)13(17)18/h6-7,10-11H,2-5,14H2,1H3,(H,15,16)(H,17,18). The van der Waals surface area contributed by atoms with E-state index in [1.165, 1.54) is 31.5 Å². The molecule has 5 nitrogen and oxygen atoms in total. The molecule has 1 saturated carbocycles. The maximum Gasteiger partial charge on any atom is 0.337 e. The van der Waals surface area contributed by atoms with Gasteiger partial charge in [-0.3, -0.25) is 0 Å². The van der Waals surface area contributed by atoms with Gasteiger partial charge < -0.3 is 16.2 Å². The van der Waals surface area contributed by atoms with Gasteiger partial charge in [0.05, 0.1) is 11.3 Å². The van der Waals surface area contributed by atoms with Gasteiger partial charge in [0.15, 0.2) is 0 Å². The van der Waals surface area contributed by atoms with Crippen molar-refractivity contribution in [2.24, 2.45) is 0 Å². The van der Waals surface area contributed by atoms with Gasteiger partial charge in [0, 0.05) is 17.5 Å². The van der Waals surface area contributed by atoms with Crippen LogP contribution in [0, 0.1) is 0 Å². The van der Waals surface area contributed by atoms with E-state index in [0.717, 1.165) is 6.42 Å². The van der Waals surface area contributed by atoms with Crippen LogP contribution in [-0.4, -0.2) is 33.6 Å². The van der Waals surface area contributed by atoms with E-state index in [-0.39, 0.29) is 5.56 Å². The molecule has 0 radical (unpaired) electrons. The number of rotatable bonds is 4. The first-order valence-electron chi connectivity index (χ1n) is 6.40. The number of hydrogen-bond acceptors (Lipinski definition) is 5. The number of carbonyl (C=O) groups is 1. The highest BCUT2D eigenvalue weighted by molar-refractivity contribution is 7.99. The van der Waals surface area contributed by atoms with E-state index in [1.807, 2.05) is 11.8 Å². The Morgan fingerprint density at radius 1 is 1.53 bits per heavy atom. The van der Waals surface area contributed by atoms with Crippen LogP contribution in [0.15, 0.2) is 12.3 Å².